The Kier molecular flexibility index (Phi) is 4.51. The van der Waals surface area contributed by atoms with Crippen LogP contribution in [0.2, 0.25) is 0 Å². The normalized spacial score (nSPS) is 10.2. The minimum atomic E-state index is 0.469. The Morgan fingerprint density at radius 2 is 1.50 bits per heavy atom. The van der Waals surface area contributed by atoms with Gasteiger partial charge in [-0.2, -0.15) is 0 Å². The fraction of sp³-hybridized carbons (Fsp3) is 0.294. The fourth-order valence-electron chi connectivity index (χ4n) is 2.05. The molecule has 0 amide bonds. The maximum Gasteiger partial charge on any atom is 0.129 e. The summed E-state index contributed by atoms with van der Waals surface area (Å²) in [6, 6.07) is 11.9. The summed E-state index contributed by atoms with van der Waals surface area (Å²) in [5.74, 6) is 2.45. The highest BCUT2D eigenvalue weighted by Crippen LogP contribution is 2.29. The number of rotatable bonds is 5. The molecule has 3 nitrogen and oxygen atoms in total. The Balaban J connectivity index is 2.16. The van der Waals surface area contributed by atoms with Crippen molar-refractivity contribution in [3.05, 3.63) is 53.1 Å². The molecule has 0 saturated carbocycles. The summed E-state index contributed by atoms with van der Waals surface area (Å²) >= 11 is 0. The van der Waals surface area contributed by atoms with E-state index in [0.717, 1.165) is 28.4 Å². The van der Waals surface area contributed by atoms with Crippen LogP contribution in [-0.4, -0.2) is 14.2 Å². The van der Waals surface area contributed by atoms with E-state index in [4.69, 9.17) is 14.2 Å². The van der Waals surface area contributed by atoms with Gasteiger partial charge in [0.1, 0.15) is 23.9 Å². The first kappa shape index (κ1) is 14.3. The predicted molar refractivity (Wildman–Crippen MR) is 79.8 cm³/mol. The van der Waals surface area contributed by atoms with Crippen molar-refractivity contribution < 1.29 is 14.2 Å². The molecule has 2 aromatic rings. The molecule has 2 aromatic carbocycles. The summed E-state index contributed by atoms with van der Waals surface area (Å²) < 4.78 is 16.5. The van der Waals surface area contributed by atoms with Crippen LogP contribution in [0.15, 0.2) is 36.4 Å². The third kappa shape index (κ3) is 3.23. The minimum Gasteiger partial charge on any atom is -0.496 e. The summed E-state index contributed by atoms with van der Waals surface area (Å²) in [6.07, 6.45) is 0. The van der Waals surface area contributed by atoms with Gasteiger partial charge < -0.3 is 14.2 Å². The predicted octanol–water partition coefficient (Wildman–Crippen LogP) is 3.90. The molecule has 0 atom stereocenters. The fourth-order valence-corrected chi connectivity index (χ4v) is 2.05. The summed E-state index contributed by atoms with van der Waals surface area (Å²) in [7, 11) is 3.31. The second kappa shape index (κ2) is 6.33. The second-order valence-corrected chi connectivity index (χ2v) is 4.74. The van der Waals surface area contributed by atoms with Gasteiger partial charge in [-0.3, -0.25) is 0 Å². The molecule has 0 aliphatic carbocycles. The van der Waals surface area contributed by atoms with Crippen molar-refractivity contribution in [3.8, 4) is 17.2 Å². The van der Waals surface area contributed by atoms with Gasteiger partial charge >= 0.3 is 0 Å². The topological polar surface area (TPSA) is 27.7 Å². The molecule has 0 fully saturated rings. The molecule has 0 radical (unpaired) electrons. The largest absolute Gasteiger partial charge is 0.496 e. The van der Waals surface area contributed by atoms with Crippen LogP contribution in [0.4, 0.5) is 0 Å². The molecule has 2 rings (SSSR count). The Morgan fingerprint density at radius 1 is 0.850 bits per heavy atom. The lowest BCUT2D eigenvalue weighted by Gasteiger charge is -2.14. The lowest BCUT2D eigenvalue weighted by molar-refractivity contribution is 0.295. The van der Waals surface area contributed by atoms with E-state index >= 15 is 0 Å². The zero-order valence-electron chi connectivity index (χ0n) is 12.4. The zero-order valence-corrected chi connectivity index (χ0v) is 12.4. The van der Waals surface area contributed by atoms with E-state index in [0.29, 0.717) is 6.61 Å². The van der Waals surface area contributed by atoms with Crippen LogP contribution in [-0.2, 0) is 6.61 Å². The summed E-state index contributed by atoms with van der Waals surface area (Å²) in [6.45, 7) is 4.53. The van der Waals surface area contributed by atoms with Crippen LogP contribution < -0.4 is 14.2 Å². The number of methoxy groups -OCH3 is 2. The number of ether oxygens (including phenoxy) is 3. The van der Waals surface area contributed by atoms with Crippen molar-refractivity contribution in [2.24, 2.45) is 0 Å². The van der Waals surface area contributed by atoms with Crippen LogP contribution in [0.5, 0.6) is 17.2 Å². The molecule has 3 heteroatoms. The van der Waals surface area contributed by atoms with Gasteiger partial charge in [0.15, 0.2) is 0 Å². The molecule has 0 aliphatic rings. The average Bonchev–Trinajstić information content (AvgIpc) is 2.46. The van der Waals surface area contributed by atoms with Crippen molar-refractivity contribution in [1.82, 2.24) is 0 Å². The monoisotopic (exact) mass is 272 g/mol. The highest BCUT2D eigenvalue weighted by atomic mass is 16.5. The number of benzene rings is 2. The molecule has 0 aromatic heterocycles. The molecule has 0 saturated heterocycles. The highest BCUT2D eigenvalue weighted by molar-refractivity contribution is 5.46. The van der Waals surface area contributed by atoms with E-state index in [1.165, 1.54) is 5.56 Å². The van der Waals surface area contributed by atoms with Crippen molar-refractivity contribution in [2.45, 2.75) is 20.5 Å². The molecular weight excluding hydrogens is 252 g/mol. The third-order valence-electron chi connectivity index (χ3n) is 3.21. The quantitative estimate of drug-likeness (QED) is 0.826. The first-order valence-electron chi connectivity index (χ1n) is 6.55. The maximum absolute atomic E-state index is 5.80. The average molecular weight is 272 g/mol. The molecule has 0 aliphatic heterocycles. The van der Waals surface area contributed by atoms with Crippen LogP contribution in [0, 0.1) is 13.8 Å². The van der Waals surface area contributed by atoms with Crippen LogP contribution >= 0.6 is 0 Å². The highest BCUT2D eigenvalue weighted by Gasteiger charge is 2.09. The van der Waals surface area contributed by atoms with Gasteiger partial charge in [-0.1, -0.05) is 17.7 Å². The smallest absolute Gasteiger partial charge is 0.129 e. The lowest BCUT2D eigenvalue weighted by Crippen LogP contribution is -2.00. The Hall–Kier alpha value is -2.16. The van der Waals surface area contributed by atoms with Gasteiger partial charge in [0.05, 0.1) is 14.2 Å². The van der Waals surface area contributed by atoms with E-state index in [1.54, 1.807) is 14.2 Å². The molecule has 0 unspecified atom stereocenters. The molecule has 20 heavy (non-hydrogen) atoms. The van der Waals surface area contributed by atoms with E-state index in [1.807, 2.05) is 43.3 Å². The second-order valence-electron chi connectivity index (χ2n) is 4.74. The first-order chi connectivity index (χ1) is 9.63. The Bertz CT molecular complexity index is 574. The van der Waals surface area contributed by atoms with Gasteiger partial charge in [0.25, 0.3) is 0 Å². The Morgan fingerprint density at radius 3 is 2.10 bits per heavy atom. The molecular formula is C17H20O3. The van der Waals surface area contributed by atoms with Crippen molar-refractivity contribution in [3.63, 3.8) is 0 Å². The van der Waals surface area contributed by atoms with Gasteiger partial charge in [-0.05, 0) is 37.6 Å². The van der Waals surface area contributed by atoms with Gasteiger partial charge in [-0.25, -0.2) is 0 Å². The standard InChI is InChI=1S/C17H20O3/c1-12-5-7-15(8-6-12)20-11-14-9-13(2)16(18-3)10-17(14)19-4/h5-10H,11H2,1-4H3. The van der Waals surface area contributed by atoms with Crippen LogP contribution in [0.3, 0.4) is 0 Å². The minimum absolute atomic E-state index is 0.469. The van der Waals surface area contributed by atoms with Crippen molar-refractivity contribution >= 4 is 0 Å². The molecule has 106 valence electrons. The summed E-state index contributed by atoms with van der Waals surface area (Å²) in [5, 5.41) is 0. The first-order valence-corrected chi connectivity index (χ1v) is 6.55. The third-order valence-corrected chi connectivity index (χ3v) is 3.21. The molecule has 0 N–H and O–H groups in total. The van der Waals surface area contributed by atoms with E-state index in [-0.39, 0.29) is 0 Å². The van der Waals surface area contributed by atoms with Gasteiger partial charge in [0, 0.05) is 11.6 Å². The SMILES string of the molecule is COc1cc(OC)c(COc2ccc(C)cc2)cc1C. The number of aryl methyl sites for hydroxylation is 2. The van der Waals surface area contributed by atoms with Gasteiger partial charge in [-0.15, -0.1) is 0 Å². The summed E-state index contributed by atoms with van der Waals surface area (Å²) in [4.78, 5) is 0. The van der Waals surface area contributed by atoms with E-state index in [2.05, 4.69) is 6.92 Å². The zero-order chi connectivity index (χ0) is 14.5. The van der Waals surface area contributed by atoms with Crippen molar-refractivity contribution in [2.75, 3.05) is 14.2 Å². The lowest BCUT2D eigenvalue weighted by atomic mass is 10.1. The van der Waals surface area contributed by atoms with Crippen LogP contribution in [0.1, 0.15) is 16.7 Å². The van der Waals surface area contributed by atoms with E-state index in [9.17, 15) is 0 Å². The van der Waals surface area contributed by atoms with Crippen LogP contribution in [0.25, 0.3) is 0 Å². The van der Waals surface area contributed by atoms with E-state index < -0.39 is 0 Å². The summed E-state index contributed by atoms with van der Waals surface area (Å²) in [5.41, 5.74) is 3.29. The maximum atomic E-state index is 5.80. The number of hydrogen-bond acceptors (Lipinski definition) is 3. The molecule has 0 heterocycles. The number of hydrogen-bond donors (Lipinski definition) is 0. The Labute approximate surface area is 120 Å². The van der Waals surface area contributed by atoms with Gasteiger partial charge in [0.2, 0.25) is 0 Å². The van der Waals surface area contributed by atoms with Crippen molar-refractivity contribution in [1.29, 1.82) is 0 Å². The molecule has 0 spiro atoms. The molecule has 0 bridgehead atoms.